The molecule has 120 valence electrons. The molecule has 0 saturated heterocycles. The van der Waals surface area contributed by atoms with Gasteiger partial charge in [-0.05, 0) is 36.8 Å². The van der Waals surface area contributed by atoms with Gasteiger partial charge in [-0.1, -0.05) is 12.1 Å². The van der Waals surface area contributed by atoms with Crippen molar-refractivity contribution in [2.75, 3.05) is 19.5 Å². The predicted octanol–water partition coefficient (Wildman–Crippen LogP) is 3.88. The minimum atomic E-state index is -0.478. The van der Waals surface area contributed by atoms with E-state index in [-0.39, 0.29) is 5.69 Å². The highest BCUT2D eigenvalue weighted by Crippen LogP contribution is 2.29. The van der Waals surface area contributed by atoms with Gasteiger partial charge in [0, 0.05) is 17.7 Å². The zero-order valence-corrected chi connectivity index (χ0v) is 13.2. The number of halogens is 1. The van der Waals surface area contributed by atoms with Crippen LogP contribution < -0.4 is 14.8 Å². The molecule has 23 heavy (non-hydrogen) atoms. The van der Waals surface area contributed by atoms with Crippen LogP contribution in [0.15, 0.2) is 48.5 Å². The van der Waals surface area contributed by atoms with Crippen molar-refractivity contribution in [1.29, 1.82) is 0 Å². The van der Waals surface area contributed by atoms with Crippen molar-refractivity contribution < 1.29 is 18.7 Å². The topological polar surface area (TPSA) is 47.6 Å². The molecule has 0 aliphatic heterocycles. The summed E-state index contributed by atoms with van der Waals surface area (Å²) in [5.41, 5.74) is 1.60. The number of ether oxygens (including phenoxy) is 2. The van der Waals surface area contributed by atoms with Gasteiger partial charge in [-0.15, -0.1) is 0 Å². The molecule has 0 radical (unpaired) electrons. The van der Waals surface area contributed by atoms with Gasteiger partial charge >= 0.3 is 0 Å². The number of carbonyl (C=O) groups is 1. The van der Waals surface area contributed by atoms with Crippen LogP contribution in [0.3, 0.4) is 0 Å². The smallest absolute Gasteiger partial charge is 0.248 e. The minimum absolute atomic E-state index is 0.142. The van der Waals surface area contributed by atoms with Crippen LogP contribution in [0.25, 0.3) is 5.57 Å². The second-order valence-corrected chi connectivity index (χ2v) is 4.86. The summed E-state index contributed by atoms with van der Waals surface area (Å²) in [5, 5.41) is 2.52. The molecule has 1 N–H and O–H groups in total. The van der Waals surface area contributed by atoms with Crippen LogP contribution in [-0.4, -0.2) is 20.1 Å². The van der Waals surface area contributed by atoms with Crippen LogP contribution in [0.2, 0.25) is 0 Å². The summed E-state index contributed by atoms with van der Waals surface area (Å²) >= 11 is 0. The maximum atomic E-state index is 13.5. The number of benzene rings is 2. The molecular formula is C18H18FNO3. The van der Waals surface area contributed by atoms with Crippen molar-refractivity contribution in [3.8, 4) is 11.5 Å². The van der Waals surface area contributed by atoms with Gasteiger partial charge in [0.05, 0.1) is 19.9 Å². The van der Waals surface area contributed by atoms with E-state index in [9.17, 15) is 9.18 Å². The fourth-order valence-corrected chi connectivity index (χ4v) is 2.13. The van der Waals surface area contributed by atoms with Gasteiger partial charge < -0.3 is 14.8 Å². The zero-order chi connectivity index (χ0) is 16.8. The third kappa shape index (κ3) is 4.10. The highest BCUT2D eigenvalue weighted by Gasteiger charge is 2.09. The lowest BCUT2D eigenvalue weighted by Crippen LogP contribution is -2.10. The lowest BCUT2D eigenvalue weighted by Gasteiger charge is -2.11. The number of methoxy groups -OCH3 is 2. The Morgan fingerprint density at radius 3 is 2.52 bits per heavy atom. The maximum absolute atomic E-state index is 13.5. The fraction of sp³-hybridized carbons (Fsp3) is 0.167. The van der Waals surface area contributed by atoms with E-state index in [1.807, 2.05) is 0 Å². The minimum Gasteiger partial charge on any atom is -0.497 e. The number of amides is 1. The second-order valence-electron chi connectivity index (χ2n) is 4.86. The van der Waals surface area contributed by atoms with Crippen LogP contribution in [0, 0.1) is 5.82 Å². The second kappa shape index (κ2) is 7.45. The van der Waals surface area contributed by atoms with Crippen molar-refractivity contribution in [3.05, 3.63) is 59.9 Å². The quantitative estimate of drug-likeness (QED) is 0.852. The average molecular weight is 315 g/mol. The fourth-order valence-electron chi connectivity index (χ4n) is 2.13. The highest BCUT2D eigenvalue weighted by molar-refractivity contribution is 6.04. The average Bonchev–Trinajstić information content (AvgIpc) is 2.56. The SMILES string of the molecule is COc1ccc(/C(C)=C/C(=O)Nc2ccccc2F)c(OC)c1. The first-order valence-electron chi connectivity index (χ1n) is 7.01. The van der Waals surface area contributed by atoms with Crippen molar-refractivity contribution in [1.82, 2.24) is 0 Å². The third-order valence-electron chi connectivity index (χ3n) is 3.31. The van der Waals surface area contributed by atoms with Gasteiger partial charge in [0.1, 0.15) is 17.3 Å². The Labute approximate surface area is 134 Å². The molecule has 0 heterocycles. The van der Waals surface area contributed by atoms with Gasteiger partial charge in [-0.3, -0.25) is 4.79 Å². The van der Waals surface area contributed by atoms with Crippen molar-refractivity contribution in [2.24, 2.45) is 0 Å². The summed E-state index contributed by atoms with van der Waals surface area (Å²) in [6.45, 7) is 1.78. The van der Waals surface area contributed by atoms with Gasteiger partial charge in [-0.2, -0.15) is 0 Å². The maximum Gasteiger partial charge on any atom is 0.248 e. The van der Waals surface area contributed by atoms with E-state index in [1.165, 1.54) is 18.2 Å². The normalized spacial score (nSPS) is 11.0. The molecule has 2 aromatic carbocycles. The van der Waals surface area contributed by atoms with Crippen LogP contribution in [-0.2, 0) is 4.79 Å². The molecule has 0 saturated carbocycles. The molecule has 0 bridgehead atoms. The number of rotatable bonds is 5. The predicted molar refractivity (Wildman–Crippen MR) is 88.2 cm³/mol. The molecule has 0 spiro atoms. The third-order valence-corrected chi connectivity index (χ3v) is 3.31. The van der Waals surface area contributed by atoms with E-state index in [2.05, 4.69) is 5.32 Å². The van der Waals surface area contributed by atoms with E-state index in [4.69, 9.17) is 9.47 Å². The number of allylic oxidation sites excluding steroid dienone is 1. The molecule has 0 aliphatic rings. The molecule has 0 atom stereocenters. The molecule has 0 unspecified atom stereocenters. The molecule has 5 heteroatoms. The molecule has 0 fully saturated rings. The number of nitrogens with one attached hydrogen (secondary N) is 1. The van der Waals surface area contributed by atoms with Crippen molar-refractivity contribution in [2.45, 2.75) is 6.92 Å². The number of hydrogen-bond acceptors (Lipinski definition) is 3. The first kappa shape index (κ1) is 16.5. The molecule has 4 nitrogen and oxygen atoms in total. The number of hydrogen-bond donors (Lipinski definition) is 1. The monoisotopic (exact) mass is 315 g/mol. The summed E-state index contributed by atoms with van der Waals surface area (Å²) in [6.07, 6.45) is 1.40. The largest absolute Gasteiger partial charge is 0.497 e. The van der Waals surface area contributed by atoms with Crippen LogP contribution >= 0.6 is 0 Å². The molecule has 2 rings (SSSR count). The highest BCUT2D eigenvalue weighted by atomic mass is 19.1. The molecule has 0 aromatic heterocycles. The first-order valence-corrected chi connectivity index (χ1v) is 7.01. The molecule has 2 aromatic rings. The van der Waals surface area contributed by atoms with Crippen molar-refractivity contribution >= 4 is 17.2 Å². The van der Waals surface area contributed by atoms with Gasteiger partial charge in [0.15, 0.2) is 0 Å². The summed E-state index contributed by atoms with van der Waals surface area (Å²) in [5.74, 6) is 0.366. The molecular weight excluding hydrogens is 297 g/mol. The van der Waals surface area contributed by atoms with E-state index in [0.29, 0.717) is 17.1 Å². The zero-order valence-electron chi connectivity index (χ0n) is 13.2. The molecule has 1 amide bonds. The number of anilines is 1. The van der Waals surface area contributed by atoms with Crippen molar-refractivity contribution in [3.63, 3.8) is 0 Å². The van der Waals surface area contributed by atoms with Gasteiger partial charge in [0.2, 0.25) is 5.91 Å². The van der Waals surface area contributed by atoms with Gasteiger partial charge in [0.25, 0.3) is 0 Å². The van der Waals surface area contributed by atoms with E-state index < -0.39 is 11.7 Å². The summed E-state index contributed by atoms with van der Waals surface area (Å²) in [7, 11) is 3.12. The van der Waals surface area contributed by atoms with Crippen LogP contribution in [0.5, 0.6) is 11.5 Å². The Bertz CT molecular complexity index is 741. The summed E-state index contributed by atoms with van der Waals surface area (Å²) < 4.78 is 24.0. The lowest BCUT2D eigenvalue weighted by molar-refractivity contribution is -0.111. The summed E-state index contributed by atoms with van der Waals surface area (Å²) in [6, 6.07) is 11.3. The Kier molecular flexibility index (Phi) is 5.36. The Balaban J connectivity index is 2.22. The Hall–Kier alpha value is -2.82. The standard InChI is InChI=1S/C18H18FNO3/c1-12(14-9-8-13(22-2)11-17(14)23-3)10-18(21)20-16-7-5-4-6-15(16)19/h4-11H,1-3H3,(H,20,21)/b12-10+. The Morgan fingerprint density at radius 1 is 1.13 bits per heavy atom. The Morgan fingerprint density at radius 2 is 1.87 bits per heavy atom. The van der Waals surface area contributed by atoms with E-state index in [1.54, 1.807) is 51.5 Å². The van der Waals surface area contributed by atoms with E-state index in [0.717, 1.165) is 5.56 Å². The van der Waals surface area contributed by atoms with Gasteiger partial charge in [-0.25, -0.2) is 4.39 Å². The lowest BCUT2D eigenvalue weighted by atomic mass is 10.1. The van der Waals surface area contributed by atoms with Crippen LogP contribution in [0.1, 0.15) is 12.5 Å². The first-order chi connectivity index (χ1) is 11.0. The van der Waals surface area contributed by atoms with Crippen LogP contribution in [0.4, 0.5) is 10.1 Å². The summed E-state index contributed by atoms with van der Waals surface area (Å²) in [4.78, 5) is 12.1. The molecule has 0 aliphatic carbocycles. The van der Waals surface area contributed by atoms with E-state index >= 15 is 0 Å². The number of para-hydroxylation sites is 1. The number of carbonyl (C=O) groups excluding carboxylic acids is 1.